The van der Waals surface area contributed by atoms with Gasteiger partial charge in [-0.2, -0.15) is 0 Å². The molecule has 2 aliphatic rings. The van der Waals surface area contributed by atoms with E-state index >= 15 is 0 Å². The molecule has 4 rings (SSSR count). The SMILES string of the molecule is COc1cc2c(cc1/C=C1/SC(=O)N(CC(=O)Nc3ccccc3Cl)C1=O)OCO2. The van der Waals surface area contributed by atoms with Crippen LogP contribution in [0, 0.1) is 0 Å². The number of ether oxygens (including phenoxy) is 3. The van der Waals surface area contributed by atoms with Crippen LogP contribution in [0.15, 0.2) is 41.3 Å². The van der Waals surface area contributed by atoms with E-state index < -0.39 is 23.6 Å². The van der Waals surface area contributed by atoms with Crippen LogP contribution in [0.4, 0.5) is 10.5 Å². The van der Waals surface area contributed by atoms with Gasteiger partial charge >= 0.3 is 0 Å². The number of benzene rings is 2. The van der Waals surface area contributed by atoms with E-state index in [1.54, 1.807) is 36.4 Å². The quantitative estimate of drug-likeness (QED) is 0.699. The van der Waals surface area contributed by atoms with Crippen LogP contribution in [0.5, 0.6) is 17.2 Å². The van der Waals surface area contributed by atoms with E-state index in [0.717, 1.165) is 16.7 Å². The molecule has 0 spiro atoms. The molecule has 0 unspecified atom stereocenters. The zero-order valence-corrected chi connectivity index (χ0v) is 17.2. The fraction of sp³-hybridized carbons (Fsp3) is 0.150. The van der Waals surface area contributed by atoms with Crippen LogP contribution >= 0.6 is 23.4 Å². The number of amides is 3. The van der Waals surface area contributed by atoms with E-state index in [4.69, 9.17) is 25.8 Å². The Morgan fingerprint density at radius 1 is 1.27 bits per heavy atom. The third-order valence-corrected chi connectivity index (χ3v) is 5.57. The second kappa shape index (κ2) is 8.29. The number of methoxy groups -OCH3 is 1. The fourth-order valence-corrected chi connectivity index (χ4v) is 3.91. The third kappa shape index (κ3) is 3.94. The zero-order chi connectivity index (χ0) is 21.3. The number of thioether (sulfide) groups is 1. The maximum absolute atomic E-state index is 12.7. The lowest BCUT2D eigenvalue weighted by Gasteiger charge is -2.13. The molecule has 1 N–H and O–H groups in total. The van der Waals surface area contributed by atoms with Gasteiger partial charge in [-0.1, -0.05) is 23.7 Å². The van der Waals surface area contributed by atoms with E-state index in [2.05, 4.69) is 5.32 Å². The number of anilines is 1. The molecule has 0 aliphatic carbocycles. The highest BCUT2D eigenvalue weighted by Crippen LogP contribution is 2.40. The number of carbonyl (C=O) groups excluding carboxylic acids is 3. The first-order valence-corrected chi connectivity index (χ1v) is 9.93. The summed E-state index contributed by atoms with van der Waals surface area (Å²) < 4.78 is 16.0. The number of hydrogen-bond donors (Lipinski definition) is 1. The van der Waals surface area contributed by atoms with E-state index in [-0.39, 0.29) is 11.7 Å². The van der Waals surface area contributed by atoms with Crippen molar-refractivity contribution in [3.05, 3.63) is 51.9 Å². The zero-order valence-electron chi connectivity index (χ0n) is 15.6. The van der Waals surface area contributed by atoms with Crippen molar-refractivity contribution in [1.29, 1.82) is 0 Å². The molecule has 1 fully saturated rings. The van der Waals surface area contributed by atoms with Gasteiger partial charge in [-0.3, -0.25) is 19.3 Å². The van der Waals surface area contributed by atoms with Crippen molar-refractivity contribution in [3.8, 4) is 17.2 Å². The molecular weight excluding hydrogens is 432 g/mol. The minimum absolute atomic E-state index is 0.0962. The van der Waals surface area contributed by atoms with Gasteiger partial charge in [-0.25, -0.2) is 0 Å². The molecule has 1 saturated heterocycles. The molecule has 0 saturated carbocycles. The van der Waals surface area contributed by atoms with Crippen LogP contribution in [0.25, 0.3) is 6.08 Å². The molecule has 8 nitrogen and oxygen atoms in total. The van der Waals surface area contributed by atoms with Crippen molar-refractivity contribution in [1.82, 2.24) is 4.90 Å². The Labute approximate surface area is 180 Å². The summed E-state index contributed by atoms with van der Waals surface area (Å²) in [6, 6.07) is 10.0. The summed E-state index contributed by atoms with van der Waals surface area (Å²) in [6.07, 6.45) is 1.53. The largest absolute Gasteiger partial charge is 0.496 e. The molecule has 154 valence electrons. The Morgan fingerprint density at radius 2 is 2.00 bits per heavy atom. The van der Waals surface area contributed by atoms with Crippen molar-refractivity contribution >= 4 is 52.2 Å². The molecule has 0 radical (unpaired) electrons. The molecule has 30 heavy (non-hydrogen) atoms. The smallest absolute Gasteiger partial charge is 0.294 e. The average Bonchev–Trinajstić information content (AvgIpc) is 3.28. The van der Waals surface area contributed by atoms with Gasteiger partial charge in [0.2, 0.25) is 12.7 Å². The van der Waals surface area contributed by atoms with Gasteiger partial charge < -0.3 is 19.5 Å². The monoisotopic (exact) mass is 446 g/mol. The summed E-state index contributed by atoms with van der Waals surface area (Å²) >= 11 is 6.76. The Hall–Kier alpha value is -3.17. The molecule has 0 atom stereocenters. The minimum Gasteiger partial charge on any atom is -0.496 e. The number of fused-ring (bicyclic) bond motifs is 1. The van der Waals surface area contributed by atoms with Crippen LogP contribution in [0.3, 0.4) is 0 Å². The fourth-order valence-electron chi connectivity index (χ4n) is 2.90. The van der Waals surface area contributed by atoms with Gasteiger partial charge in [0.1, 0.15) is 12.3 Å². The van der Waals surface area contributed by atoms with Crippen molar-refractivity contribution in [3.63, 3.8) is 0 Å². The van der Waals surface area contributed by atoms with Crippen LogP contribution in [-0.4, -0.2) is 42.4 Å². The van der Waals surface area contributed by atoms with E-state index in [9.17, 15) is 14.4 Å². The van der Waals surface area contributed by atoms with Gasteiger partial charge in [0.25, 0.3) is 11.1 Å². The maximum Gasteiger partial charge on any atom is 0.294 e. The van der Waals surface area contributed by atoms with Gasteiger partial charge in [-0.05, 0) is 36.0 Å². The molecule has 2 aromatic rings. The first kappa shape index (κ1) is 20.1. The first-order valence-electron chi connectivity index (χ1n) is 8.73. The van der Waals surface area contributed by atoms with E-state index in [0.29, 0.717) is 33.5 Å². The van der Waals surface area contributed by atoms with Crippen molar-refractivity contribution in [2.45, 2.75) is 0 Å². The average molecular weight is 447 g/mol. The number of rotatable bonds is 5. The maximum atomic E-state index is 12.7. The van der Waals surface area contributed by atoms with E-state index in [1.165, 1.54) is 13.2 Å². The lowest BCUT2D eigenvalue weighted by atomic mass is 10.1. The molecule has 10 heteroatoms. The van der Waals surface area contributed by atoms with E-state index in [1.807, 2.05) is 0 Å². The van der Waals surface area contributed by atoms with Crippen molar-refractivity contribution < 1.29 is 28.6 Å². The lowest BCUT2D eigenvalue weighted by Crippen LogP contribution is -2.36. The predicted octanol–water partition coefficient (Wildman–Crippen LogP) is 3.75. The van der Waals surface area contributed by atoms with Gasteiger partial charge in [0, 0.05) is 11.6 Å². The van der Waals surface area contributed by atoms with Crippen molar-refractivity contribution in [2.24, 2.45) is 0 Å². The van der Waals surface area contributed by atoms with Crippen LogP contribution in [0.2, 0.25) is 5.02 Å². The molecular formula is C20H15ClN2O6S. The lowest BCUT2D eigenvalue weighted by molar-refractivity contribution is -0.127. The summed E-state index contributed by atoms with van der Waals surface area (Å²) in [7, 11) is 1.49. The predicted molar refractivity (Wildman–Crippen MR) is 112 cm³/mol. The standard InChI is InChI=1S/C20H15ClN2O6S/c1-27-14-8-16-15(28-10-29-16)6-11(14)7-17-19(25)23(20(26)30-17)9-18(24)22-13-5-3-2-4-12(13)21/h2-8H,9-10H2,1H3,(H,22,24)/b17-7+. The third-order valence-electron chi connectivity index (χ3n) is 4.33. The Morgan fingerprint density at radius 3 is 2.73 bits per heavy atom. The summed E-state index contributed by atoms with van der Waals surface area (Å²) in [5.41, 5.74) is 0.949. The number of nitrogens with zero attached hydrogens (tertiary/aromatic N) is 1. The van der Waals surface area contributed by atoms with Gasteiger partial charge in [0.15, 0.2) is 11.5 Å². The minimum atomic E-state index is -0.570. The molecule has 0 bridgehead atoms. The number of imide groups is 1. The molecule has 0 aromatic heterocycles. The van der Waals surface area contributed by atoms with Crippen LogP contribution < -0.4 is 19.5 Å². The van der Waals surface area contributed by atoms with Gasteiger partial charge in [-0.15, -0.1) is 0 Å². The highest BCUT2D eigenvalue weighted by atomic mass is 35.5. The Balaban J connectivity index is 1.52. The second-order valence-corrected chi connectivity index (χ2v) is 7.64. The van der Waals surface area contributed by atoms with Crippen LogP contribution in [0.1, 0.15) is 5.56 Å². The topological polar surface area (TPSA) is 94.2 Å². The first-order chi connectivity index (χ1) is 14.5. The Kier molecular flexibility index (Phi) is 5.56. The molecule has 2 aliphatic heterocycles. The summed E-state index contributed by atoms with van der Waals surface area (Å²) in [6.45, 7) is -0.329. The second-order valence-electron chi connectivity index (χ2n) is 6.24. The normalized spacial score (nSPS) is 16.3. The molecule has 3 amide bonds. The molecule has 2 aromatic carbocycles. The number of para-hydroxylation sites is 1. The summed E-state index contributed by atoms with van der Waals surface area (Å²) in [5, 5.41) is 2.41. The Bertz CT molecular complexity index is 1090. The molecule has 2 heterocycles. The number of carbonyl (C=O) groups is 3. The van der Waals surface area contributed by atoms with Crippen molar-refractivity contribution in [2.75, 3.05) is 25.8 Å². The number of nitrogens with one attached hydrogen (secondary N) is 1. The number of hydrogen-bond acceptors (Lipinski definition) is 7. The summed E-state index contributed by atoms with van der Waals surface area (Å²) in [5.74, 6) is 0.405. The highest BCUT2D eigenvalue weighted by molar-refractivity contribution is 8.18. The van der Waals surface area contributed by atoms with Gasteiger partial charge in [0.05, 0.1) is 22.7 Å². The summed E-state index contributed by atoms with van der Waals surface area (Å²) in [4.78, 5) is 38.4. The highest BCUT2D eigenvalue weighted by Gasteiger charge is 2.36. The van der Waals surface area contributed by atoms with Crippen LogP contribution in [-0.2, 0) is 9.59 Å². The number of halogens is 1.